The number of hydrogen-bond acceptors (Lipinski definition) is 2. The molecule has 1 saturated heterocycles. The van der Waals surface area contributed by atoms with Crippen LogP contribution in [0.15, 0.2) is 0 Å². The summed E-state index contributed by atoms with van der Waals surface area (Å²) in [6.07, 6.45) is 8.25. The fourth-order valence-electron chi connectivity index (χ4n) is 4.41. The van der Waals surface area contributed by atoms with Crippen molar-refractivity contribution in [3.05, 3.63) is 0 Å². The molecular weight excluding hydrogens is 220 g/mol. The third-order valence-electron chi connectivity index (χ3n) is 4.80. The maximum absolute atomic E-state index is 3.93. The summed E-state index contributed by atoms with van der Waals surface area (Å²) in [7, 11) is 0. The second-order valence-electron chi connectivity index (χ2n) is 8.00. The van der Waals surface area contributed by atoms with Gasteiger partial charge in [0.1, 0.15) is 0 Å². The average Bonchev–Trinajstić information content (AvgIpc) is 2.63. The molecule has 1 unspecified atom stereocenters. The SMILES string of the molecule is CC(NC1CC(C)(C)NC(C)(C)C1)C1CCCC1. The molecule has 0 aromatic heterocycles. The second-order valence-corrected chi connectivity index (χ2v) is 8.00. The lowest BCUT2D eigenvalue weighted by Gasteiger charge is -2.47. The van der Waals surface area contributed by atoms with Gasteiger partial charge in [0.05, 0.1) is 0 Å². The Morgan fingerprint density at radius 3 is 2.00 bits per heavy atom. The monoisotopic (exact) mass is 252 g/mol. The first-order valence-electron chi connectivity index (χ1n) is 7.83. The molecule has 2 N–H and O–H groups in total. The van der Waals surface area contributed by atoms with E-state index in [-0.39, 0.29) is 11.1 Å². The second kappa shape index (κ2) is 5.13. The fourth-order valence-corrected chi connectivity index (χ4v) is 4.41. The van der Waals surface area contributed by atoms with Crippen molar-refractivity contribution in [1.82, 2.24) is 10.6 Å². The highest BCUT2D eigenvalue weighted by atomic mass is 15.1. The first kappa shape index (κ1) is 14.3. The van der Waals surface area contributed by atoms with Crippen LogP contribution in [-0.2, 0) is 0 Å². The summed E-state index contributed by atoms with van der Waals surface area (Å²) >= 11 is 0. The molecule has 2 rings (SSSR count). The maximum atomic E-state index is 3.93. The summed E-state index contributed by atoms with van der Waals surface area (Å²) in [6.45, 7) is 11.7. The molecule has 2 nitrogen and oxygen atoms in total. The van der Waals surface area contributed by atoms with E-state index in [1.54, 1.807) is 0 Å². The summed E-state index contributed by atoms with van der Waals surface area (Å²) < 4.78 is 0. The number of nitrogens with one attached hydrogen (secondary N) is 2. The van der Waals surface area contributed by atoms with Gasteiger partial charge < -0.3 is 10.6 Å². The molecule has 1 heterocycles. The third-order valence-corrected chi connectivity index (χ3v) is 4.80. The Morgan fingerprint density at radius 2 is 1.50 bits per heavy atom. The first-order chi connectivity index (χ1) is 8.27. The fraction of sp³-hybridized carbons (Fsp3) is 1.00. The molecule has 1 atom stereocenters. The van der Waals surface area contributed by atoms with E-state index in [2.05, 4.69) is 45.3 Å². The Balaban J connectivity index is 1.91. The molecule has 1 saturated carbocycles. The highest BCUT2D eigenvalue weighted by Gasteiger charge is 2.38. The van der Waals surface area contributed by atoms with Gasteiger partial charge in [-0.05, 0) is 66.2 Å². The molecule has 0 aromatic carbocycles. The molecule has 2 aliphatic rings. The van der Waals surface area contributed by atoms with Gasteiger partial charge in [0.2, 0.25) is 0 Å². The molecule has 2 heteroatoms. The van der Waals surface area contributed by atoms with Crippen molar-refractivity contribution in [3.8, 4) is 0 Å². The van der Waals surface area contributed by atoms with Crippen molar-refractivity contribution in [3.63, 3.8) is 0 Å². The predicted molar refractivity (Wildman–Crippen MR) is 78.9 cm³/mol. The van der Waals surface area contributed by atoms with E-state index in [9.17, 15) is 0 Å². The lowest BCUT2D eigenvalue weighted by Crippen LogP contribution is -2.62. The summed E-state index contributed by atoms with van der Waals surface area (Å²) in [4.78, 5) is 0. The van der Waals surface area contributed by atoms with Crippen LogP contribution in [0, 0.1) is 5.92 Å². The quantitative estimate of drug-likeness (QED) is 0.804. The minimum Gasteiger partial charge on any atom is -0.311 e. The van der Waals surface area contributed by atoms with Crippen LogP contribution in [0.1, 0.15) is 73.1 Å². The van der Waals surface area contributed by atoms with E-state index >= 15 is 0 Å². The molecule has 1 aliphatic carbocycles. The Labute approximate surface area is 113 Å². The smallest absolute Gasteiger partial charge is 0.0144 e. The van der Waals surface area contributed by atoms with Gasteiger partial charge in [-0.3, -0.25) is 0 Å². The van der Waals surface area contributed by atoms with Gasteiger partial charge in [-0.1, -0.05) is 12.8 Å². The molecule has 1 aliphatic heterocycles. The molecule has 18 heavy (non-hydrogen) atoms. The van der Waals surface area contributed by atoms with Gasteiger partial charge in [0.15, 0.2) is 0 Å². The molecule has 0 radical (unpaired) electrons. The van der Waals surface area contributed by atoms with Crippen LogP contribution in [-0.4, -0.2) is 23.2 Å². The largest absolute Gasteiger partial charge is 0.311 e. The van der Waals surface area contributed by atoms with Crippen LogP contribution < -0.4 is 10.6 Å². The van der Waals surface area contributed by atoms with Gasteiger partial charge in [-0.25, -0.2) is 0 Å². The zero-order chi connectivity index (χ0) is 13.4. The molecule has 0 amide bonds. The van der Waals surface area contributed by atoms with Crippen molar-refractivity contribution in [2.75, 3.05) is 0 Å². The van der Waals surface area contributed by atoms with Gasteiger partial charge in [-0.2, -0.15) is 0 Å². The Morgan fingerprint density at radius 1 is 1.00 bits per heavy atom. The van der Waals surface area contributed by atoms with Crippen molar-refractivity contribution >= 4 is 0 Å². The van der Waals surface area contributed by atoms with E-state index in [4.69, 9.17) is 0 Å². The van der Waals surface area contributed by atoms with E-state index in [1.807, 2.05) is 0 Å². The number of rotatable bonds is 3. The predicted octanol–water partition coefficient (Wildman–Crippen LogP) is 3.46. The van der Waals surface area contributed by atoms with Crippen molar-refractivity contribution in [2.24, 2.45) is 5.92 Å². The van der Waals surface area contributed by atoms with E-state index < -0.39 is 0 Å². The minimum atomic E-state index is 0.259. The highest BCUT2D eigenvalue weighted by molar-refractivity contribution is 5.00. The standard InChI is InChI=1S/C16H32N2/c1-12(13-8-6-7-9-13)17-14-10-15(2,3)18-16(4,5)11-14/h12-14,17-18H,6-11H2,1-5H3. The topological polar surface area (TPSA) is 24.1 Å². The summed E-state index contributed by atoms with van der Waals surface area (Å²) in [5.74, 6) is 0.922. The van der Waals surface area contributed by atoms with Crippen LogP contribution >= 0.6 is 0 Å². The number of hydrogen-bond donors (Lipinski definition) is 2. The van der Waals surface area contributed by atoms with Crippen molar-refractivity contribution < 1.29 is 0 Å². The van der Waals surface area contributed by atoms with Crippen molar-refractivity contribution in [2.45, 2.75) is 96.3 Å². The van der Waals surface area contributed by atoms with E-state index in [0.717, 1.165) is 5.92 Å². The first-order valence-corrected chi connectivity index (χ1v) is 7.83. The lowest BCUT2D eigenvalue weighted by atomic mass is 9.79. The maximum Gasteiger partial charge on any atom is 0.0144 e. The molecule has 0 spiro atoms. The summed E-state index contributed by atoms with van der Waals surface area (Å²) in [5, 5.41) is 7.70. The van der Waals surface area contributed by atoms with Crippen molar-refractivity contribution in [1.29, 1.82) is 0 Å². The normalized spacial score (nSPS) is 30.5. The Bertz CT molecular complexity index is 261. The van der Waals surface area contributed by atoms with Gasteiger partial charge in [0, 0.05) is 23.2 Å². The number of piperidine rings is 1. The lowest BCUT2D eigenvalue weighted by molar-refractivity contribution is 0.134. The van der Waals surface area contributed by atoms with E-state index in [0.29, 0.717) is 12.1 Å². The molecule has 2 fully saturated rings. The van der Waals surface area contributed by atoms with Crippen LogP contribution in [0.25, 0.3) is 0 Å². The Hall–Kier alpha value is -0.0800. The molecule has 0 aromatic rings. The van der Waals surface area contributed by atoms with Crippen LogP contribution in [0.5, 0.6) is 0 Å². The average molecular weight is 252 g/mol. The Kier molecular flexibility index (Phi) is 4.08. The molecule has 106 valence electrons. The third kappa shape index (κ3) is 3.71. The molecule has 0 bridgehead atoms. The summed E-state index contributed by atoms with van der Waals surface area (Å²) in [6, 6.07) is 1.37. The van der Waals surface area contributed by atoms with Gasteiger partial charge in [0.25, 0.3) is 0 Å². The summed E-state index contributed by atoms with van der Waals surface area (Å²) in [5.41, 5.74) is 0.517. The van der Waals surface area contributed by atoms with Crippen LogP contribution in [0.2, 0.25) is 0 Å². The van der Waals surface area contributed by atoms with Gasteiger partial charge in [-0.15, -0.1) is 0 Å². The van der Waals surface area contributed by atoms with Crippen LogP contribution in [0.4, 0.5) is 0 Å². The molecular formula is C16H32N2. The zero-order valence-electron chi connectivity index (χ0n) is 13.0. The van der Waals surface area contributed by atoms with Crippen LogP contribution in [0.3, 0.4) is 0 Å². The zero-order valence-corrected chi connectivity index (χ0v) is 13.0. The minimum absolute atomic E-state index is 0.259. The van der Waals surface area contributed by atoms with Gasteiger partial charge >= 0.3 is 0 Å². The van der Waals surface area contributed by atoms with E-state index in [1.165, 1.54) is 38.5 Å². The highest BCUT2D eigenvalue weighted by Crippen LogP contribution is 2.31.